The summed E-state index contributed by atoms with van der Waals surface area (Å²) in [6, 6.07) is 9.76. The number of ether oxygens (including phenoxy) is 1. The molecule has 1 aliphatic carbocycles. The van der Waals surface area contributed by atoms with Crippen LogP contribution in [0.5, 0.6) is 0 Å². The summed E-state index contributed by atoms with van der Waals surface area (Å²) in [5, 5.41) is 4.40. The lowest BCUT2D eigenvalue weighted by Gasteiger charge is -2.22. The van der Waals surface area contributed by atoms with Crippen LogP contribution in [0.1, 0.15) is 32.6 Å². The van der Waals surface area contributed by atoms with Gasteiger partial charge >= 0.3 is 5.97 Å². The lowest BCUT2D eigenvalue weighted by Crippen LogP contribution is -2.29. The monoisotopic (exact) mass is 260 g/mol. The minimum absolute atomic E-state index is 0.143. The van der Waals surface area contributed by atoms with Gasteiger partial charge in [0.15, 0.2) is 0 Å². The maximum absolute atomic E-state index is 11.9. The van der Waals surface area contributed by atoms with E-state index < -0.39 is 0 Å². The van der Waals surface area contributed by atoms with Crippen molar-refractivity contribution >= 4 is 17.4 Å². The van der Waals surface area contributed by atoms with Crippen LogP contribution in [0.4, 0.5) is 5.69 Å². The standard InChI is InChI=1S/C15H20N2O2/c1-2-19-15(18)13-10-6-7-11-14(13)17-16-12-8-4-3-5-9-12/h3-5,8-9,13,16H,2,6-7,10-11H2,1H3. The van der Waals surface area contributed by atoms with Gasteiger partial charge < -0.3 is 4.74 Å². The molecule has 1 aromatic carbocycles. The molecule has 0 spiro atoms. The normalized spacial score (nSPS) is 21.1. The fraction of sp³-hybridized carbons (Fsp3) is 0.467. The highest BCUT2D eigenvalue weighted by molar-refractivity contribution is 6.02. The van der Waals surface area contributed by atoms with Gasteiger partial charge in [-0.2, -0.15) is 5.10 Å². The van der Waals surface area contributed by atoms with Crippen LogP contribution >= 0.6 is 0 Å². The molecule has 1 N–H and O–H groups in total. The number of para-hydroxylation sites is 1. The van der Waals surface area contributed by atoms with Crippen LogP contribution in [0.15, 0.2) is 35.4 Å². The second kappa shape index (κ2) is 6.92. The Kier molecular flexibility index (Phi) is 4.95. The van der Waals surface area contributed by atoms with Gasteiger partial charge in [0.05, 0.1) is 23.9 Å². The first-order valence-electron chi connectivity index (χ1n) is 6.85. The predicted molar refractivity (Wildman–Crippen MR) is 76.1 cm³/mol. The van der Waals surface area contributed by atoms with E-state index in [4.69, 9.17) is 4.74 Å². The first-order chi connectivity index (χ1) is 9.31. The molecule has 1 saturated carbocycles. The molecular weight excluding hydrogens is 240 g/mol. The molecule has 1 aliphatic rings. The number of carbonyl (C=O) groups is 1. The van der Waals surface area contributed by atoms with Gasteiger partial charge in [-0.05, 0) is 38.3 Å². The largest absolute Gasteiger partial charge is 0.465 e. The van der Waals surface area contributed by atoms with E-state index in [-0.39, 0.29) is 11.9 Å². The maximum Gasteiger partial charge on any atom is 0.314 e. The fourth-order valence-corrected chi connectivity index (χ4v) is 2.28. The lowest BCUT2D eigenvalue weighted by atomic mass is 9.87. The summed E-state index contributed by atoms with van der Waals surface area (Å²) >= 11 is 0. The zero-order valence-electron chi connectivity index (χ0n) is 11.3. The molecule has 0 aromatic heterocycles. The van der Waals surface area contributed by atoms with Gasteiger partial charge in [0.2, 0.25) is 0 Å². The van der Waals surface area contributed by atoms with Crippen LogP contribution in [0.25, 0.3) is 0 Å². The Morgan fingerprint density at radius 3 is 2.89 bits per heavy atom. The molecule has 19 heavy (non-hydrogen) atoms. The van der Waals surface area contributed by atoms with Crippen molar-refractivity contribution in [2.75, 3.05) is 12.0 Å². The Labute approximate surface area is 113 Å². The van der Waals surface area contributed by atoms with Gasteiger partial charge in [0, 0.05) is 0 Å². The number of carbonyl (C=O) groups excluding carboxylic acids is 1. The third-order valence-electron chi connectivity index (χ3n) is 3.25. The average Bonchev–Trinajstić information content (AvgIpc) is 2.47. The van der Waals surface area contributed by atoms with Crippen molar-refractivity contribution in [1.82, 2.24) is 0 Å². The second-order valence-electron chi connectivity index (χ2n) is 4.63. The van der Waals surface area contributed by atoms with Gasteiger partial charge in [-0.25, -0.2) is 0 Å². The highest BCUT2D eigenvalue weighted by atomic mass is 16.5. The van der Waals surface area contributed by atoms with Crippen LogP contribution in [-0.2, 0) is 9.53 Å². The lowest BCUT2D eigenvalue weighted by molar-refractivity contribution is -0.146. The minimum atomic E-state index is -0.176. The van der Waals surface area contributed by atoms with E-state index in [0.717, 1.165) is 37.1 Å². The van der Waals surface area contributed by atoms with Crippen molar-refractivity contribution in [3.05, 3.63) is 30.3 Å². The first kappa shape index (κ1) is 13.6. The third-order valence-corrected chi connectivity index (χ3v) is 3.25. The third kappa shape index (κ3) is 3.81. The van der Waals surface area contributed by atoms with Crippen molar-refractivity contribution in [2.24, 2.45) is 11.0 Å². The van der Waals surface area contributed by atoms with E-state index in [1.165, 1.54) is 0 Å². The van der Waals surface area contributed by atoms with Crippen molar-refractivity contribution in [1.29, 1.82) is 0 Å². The van der Waals surface area contributed by atoms with Gasteiger partial charge in [0.25, 0.3) is 0 Å². The molecule has 0 amide bonds. The number of hydrazone groups is 1. The molecule has 0 heterocycles. The molecule has 102 valence electrons. The first-order valence-corrected chi connectivity index (χ1v) is 6.85. The molecule has 4 heteroatoms. The quantitative estimate of drug-likeness (QED) is 0.668. The zero-order chi connectivity index (χ0) is 13.5. The van der Waals surface area contributed by atoms with Crippen molar-refractivity contribution in [3.8, 4) is 0 Å². The predicted octanol–water partition coefficient (Wildman–Crippen LogP) is 3.21. The molecule has 1 unspecified atom stereocenters. The number of anilines is 1. The Balaban J connectivity index is 2.04. The Morgan fingerprint density at radius 2 is 2.16 bits per heavy atom. The molecular formula is C15H20N2O2. The minimum Gasteiger partial charge on any atom is -0.465 e. The number of rotatable bonds is 4. The number of hydrogen-bond donors (Lipinski definition) is 1. The van der Waals surface area contributed by atoms with Crippen LogP contribution in [0.2, 0.25) is 0 Å². The average molecular weight is 260 g/mol. The van der Waals surface area contributed by atoms with Crippen LogP contribution < -0.4 is 5.43 Å². The Bertz CT molecular complexity index is 443. The van der Waals surface area contributed by atoms with Crippen LogP contribution in [-0.4, -0.2) is 18.3 Å². The number of nitrogens with one attached hydrogen (secondary N) is 1. The summed E-state index contributed by atoms with van der Waals surface area (Å²) in [6.07, 6.45) is 3.86. The van der Waals surface area contributed by atoms with Gasteiger partial charge in [0.1, 0.15) is 0 Å². The summed E-state index contributed by atoms with van der Waals surface area (Å²) in [5.74, 6) is -0.319. The number of benzene rings is 1. The van der Waals surface area contributed by atoms with E-state index in [0.29, 0.717) is 6.61 Å². The maximum atomic E-state index is 11.9. The molecule has 4 nitrogen and oxygen atoms in total. The van der Waals surface area contributed by atoms with Crippen molar-refractivity contribution in [3.63, 3.8) is 0 Å². The van der Waals surface area contributed by atoms with E-state index in [9.17, 15) is 4.79 Å². The number of hydrogen-bond acceptors (Lipinski definition) is 4. The summed E-state index contributed by atoms with van der Waals surface area (Å²) in [4.78, 5) is 11.9. The summed E-state index contributed by atoms with van der Waals surface area (Å²) in [7, 11) is 0. The summed E-state index contributed by atoms with van der Waals surface area (Å²) < 4.78 is 5.12. The van der Waals surface area contributed by atoms with E-state index in [1.807, 2.05) is 37.3 Å². The highest BCUT2D eigenvalue weighted by Crippen LogP contribution is 2.23. The zero-order valence-corrected chi connectivity index (χ0v) is 11.3. The molecule has 0 bridgehead atoms. The molecule has 0 radical (unpaired) electrons. The van der Waals surface area contributed by atoms with Crippen molar-refractivity contribution < 1.29 is 9.53 Å². The fourth-order valence-electron chi connectivity index (χ4n) is 2.28. The molecule has 0 saturated heterocycles. The van der Waals surface area contributed by atoms with Gasteiger partial charge in [-0.1, -0.05) is 24.6 Å². The van der Waals surface area contributed by atoms with E-state index in [2.05, 4.69) is 10.5 Å². The topological polar surface area (TPSA) is 50.7 Å². The molecule has 1 aromatic rings. The molecule has 1 atom stereocenters. The van der Waals surface area contributed by atoms with E-state index in [1.54, 1.807) is 0 Å². The smallest absolute Gasteiger partial charge is 0.314 e. The van der Waals surface area contributed by atoms with Gasteiger partial charge in [-0.15, -0.1) is 0 Å². The van der Waals surface area contributed by atoms with E-state index >= 15 is 0 Å². The molecule has 2 rings (SSSR count). The van der Waals surface area contributed by atoms with Gasteiger partial charge in [-0.3, -0.25) is 10.2 Å². The van der Waals surface area contributed by atoms with Crippen LogP contribution in [0, 0.1) is 5.92 Å². The second-order valence-corrected chi connectivity index (χ2v) is 4.63. The van der Waals surface area contributed by atoms with Crippen molar-refractivity contribution in [2.45, 2.75) is 32.6 Å². The van der Waals surface area contributed by atoms with Crippen LogP contribution in [0.3, 0.4) is 0 Å². The summed E-state index contributed by atoms with van der Waals surface area (Å²) in [5.41, 5.74) is 4.87. The number of nitrogens with zero attached hydrogens (tertiary/aromatic N) is 1. The highest BCUT2D eigenvalue weighted by Gasteiger charge is 2.28. The molecule has 1 fully saturated rings. The SMILES string of the molecule is CCOC(=O)C1CCCCC1=NNc1ccccc1. The summed E-state index contributed by atoms with van der Waals surface area (Å²) in [6.45, 7) is 2.26. The Morgan fingerprint density at radius 1 is 1.37 bits per heavy atom. The Hall–Kier alpha value is -1.84. The number of esters is 1. The molecule has 0 aliphatic heterocycles.